The van der Waals surface area contributed by atoms with Crippen LogP contribution in [0.25, 0.3) is 5.69 Å². The number of benzene rings is 1. The van der Waals surface area contributed by atoms with E-state index in [9.17, 15) is 21.6 Å². The van der Waals surface area contributed by atoms with Crippen molar-refractivity contribution in [1.82, 2.24) is 4.57 Å². The summed E-state index contributed by atoms with van der Waals surface area (Å²) >= 11 is 0. The normalized spacial score (nSPS) is 12.1. The first-order valence-corrected chi connectivity index (χ1v) is 9.17. The smallest absolute Gasteiger partial charge is 0.341 e. The van der Waals surface area contributed by atoms with E-state index in [0.29, 0.717) is 11.9 Å². The standard InChI is InChI=1S/C12H12N2O6S2/c1-21(16,17)20-12(15)9-6-10(14-4-2-3-5-14)8-11(7-9)22(13,18)19/h2-8H,1H3,(H2,13,18,19). The number of primary sulfonamides is 1. The molecule has 0 fully saturated rings. The molecule has 0 atom stereocenters. The second-order valence-corrected chi connectivity index (χ2v) is 7.56. The lowest BCUT2D eigenvalue weighted by atomic mass is 10.2. The highest BCUT2D eigenvalue weighted by atomic mass is 32.2. The van der Waals surface area contributed by atoms with E-state index in [1.807, 2.05) is 0 Å². The predicted octanol–water partition coefficient (Wildman–Crippen LogP) is 0.241. The lowest BCUT2D eigenvalue weighted by molar-refractivity contribution is 0.0748. The number of carbonyl (C=O) groups is 1. The maximum absolute atomic E-state index is 11.8. The maximum atomic E-state index is 11.8. The molecular formula is C12H12N2O6S2. The summed E-state index contributed by atoms with van der Waals surface area (Å²) in [4.78, 5) is 11.5. The Morgan fingerprint density at radius 1 is 1.09 bits per heavy atom. The molecule has 2 aromatic rings. The van der Waals surface area contributed by atoms with Crippen molar-refractivity contribution < 1.29 is 25.8 Å². The minimum atomic E-state index is -4.09. The zero-order valence-electron chi connectivity index (χ0n) is 11.3. The molecule has 1 aromatic carbocycles. The first-order chi connectivity index (χ1) is 10.1. The molecule has 0 aliphatic heterocycles. The second kappa shape index (κ2) is 5.55. The van der Waals surface area contributed by atoms with Gasteiger partial charge in [-0.3, -0.25) is 0 Å². The van der Waals surface area contributed by atoms with Crippen LogP contribution in [0.1, 0.15) is 10.4 Å². The van der Waals surface area contributed by atoms with Gasteiger partial charge in [0.1, 0.15) is 0 Å². The van der Waals surface area contributed by atoms with E-state index in [1.165, 1.54) is 16.7 Å². The Morgan fingerprint density at radius 2 is 1.68 bits per heavy atom. The van der Waals surface area contributed by atoms with Crippen LogP contribution >= 0.6 is 0 Å². The van der Waals surface area contributed by atoms with Gasteiger partial charge in [-0.25, -0.2) is 18.4 Å². The molecule has 1 aromatic heterocycles. The van der Waals surface area contributed by atoms with Crippen LogP contribution in [-0.4, -0.2) is 33.6 Å². The lowest BCUT2D eigenvalue weighted by Crippen LogP contribution is -2.16. The van der Waals surface area contributed by atoms with Gasteiger partial charge >= 0.3 is 16.1 Å². The number of hydrogen-bond acceptors (Lipinski definition) is 6. The summed E-state index contributed by atoms with van der Waals surface area (Å²) < 4.78 is 50.8. The molecule has 0 aliphatic rings. The van der Waals surface area contributed by atoms with Crippen molar-refractivity contribution in [2.24, 2.45) is 5.14 Å². The van der Waals surface area contributed by atoms with Crippen LogP contribution in [0.3, 0.4) is 0 Å². The molecule has 0 amide bonds. The van der Waals surface area contributed by atoms with Crippen LogP contribution in [0.5, 0.6) is 0 Å². The Balaban J connectivity index is 2.59. The van der Waals surface area contributed by atoms with Crippen molar-refractivity contribution >= 4 is 26.1 Å². The summed E-state index contributed by atoms with van der Waals surface area (Å²) in [7, 11) is -8.11. The molecule has 2 rings (SSSR count). The minimum Gasteiger partial charge on any atom is -0.341 e. The van der Waals surface area contributed by atoms with E-state index >= 15 is 0 Å². The maximum Gasteiger partial charge on any atom is 0.353 e. The Labute approximate surface area is 127 Å². The summed E-state index contributed by atoms with van der Waals surface area (Å²) in [5.41, 5.74) is 0.0672. The van der Waals surface area contributed by atoms with Crippen molar-refractivity contribution in [1.29, 1.82) is 0 Å². The van der Waals surface area contributed by atoms with E-state index < -0.39 is 26.1 Å². The predicted molar refractivity (Wildman–Crippen MR) is 77.4 cm³/mol. The number of rotatable bonds is 4. The van der Waals surface area contributed by atoms with Gasteiger partial charge in [-0.15, -0.1) is 0 Å². The van der Waals surface area contributed by atoms with Crippen LogP contribution in [0, 0.1) is 0 Å². The Hall–Kier alpha value is -2.17. The van der Waals surface area contributed by atoms with Gasteiger partial charge in [0.2, 0.25) is 10.0 Å². The van der Waals surface area contributed by atoms with Gasteiger partial charge in [-0.05, 0) is 30.3 Å². The summed E-state index contributed by atoms with van der Waals surface area (Å²) in [6.45, 7) is 0. The highest BCUT2D eigenvalue weighted by Gasteiger charge is 2.19. The molecule has 0 bridgehead atoms. The third-order valence-corrected chi connectivity index (χ3v) is 3.93. The summed E-state index contributed by atoms with van der Waals surface area (Å²) in [5.74, 6) is -1.19. The molecule has 8 nitrogen and oxygen atoms in total. The number of nitrogens with two attached hydrogens (primary N) is 1. The van der Waals surface area contributed by atoms with Crippen molar-refractivity contribution in [2.75, 3.05) is 6.26 Å². The third-order valence-electron chi connectivity index (χ3n) is 2.59. The van der Waals surface area contributed by atoms with E-state index in [1.54, 1.807) is 24.5 Å². The molecule has 0 spiro atoms. The monoisotopic (exact) mass is 344 g/mol. The third kappa shape index (κ3) is 3.93. The van der Waals surface area contributed by atoms with Crippen LogP contribution in [0.4, 0.5) is 0 Å². The SMILES string of the molecule is CS(=O)(=O)OC(=O)c1cc(-n2cccc2)cc(S(N)(=O)=O)c1. The molecule has 2 N–H and O–H groups in total. The average Bonchev–Trinajstić information content (AvgIpc) is 2.89. The highest BCUT2D eigenvalue weighted by Crippen LogP contribution is 2.19. The molecule has 10 heteroatoms. The Kier molecular flexibility index (Phi) is 4.09. The van der Waals surface area contributed by atoms with Gasteiger partial charge in [-0.1, -0.05) is 0 Å². The van der Waals surface area contributed by atoms with E-state index in [2.05, 4.69) is 4.18 Å². The molecule has 0 unspecified atom stereocenters. The number of carbonyl (C=O) groups excluding carboxylic acids is 1. The van der Waals surface area contributed by atoms with E-state index in [0.717, 1.165) is 6.07 Å². The van der Waals surface area contributed by atoms with Crippen LogP contribution in [0.15, 0.2) is 47.6 Å². The van der Waals surface area contributed by atoms with Gasteiger partial charge in [0.15, 0.2) is 0 Å². The van der Waals surface area contributed by atoms with Crippen molar-refractivity contribution in [3.05, 3.63) is 48.3 Å². The minimum absolute atomic E-state index is 0.249. The van der Waals surface area contributed by atoms with Crippen LogP contribution < -0.4 is 5.14 Å². The quantitative estimate of drug-likeness (QED) is 0.792. The van der Waals surface area contributed by atoms with Crippen LogP contribution in [-0.2, 0) is 24.3 Å². The fourth-order valence-electron chi connectivity index (χ4n) is 1.71. The summed E-state index contributed by atoms with van der Waals surface area (Å²) in [6.07, 6.45) is 3.95. The average molecular weight is 344 g/mol. The fraction of sp³-hybridized carbons (Fsp3) is 0.0833. The topological polar surface area (TPSA) is 126 Å². The van der Waals surface area contributed by atoms with E-state index in [-0.39, 0.29) is 10.5 Å². The summed E-state index contributed by atoms with van der Waals surface area (Å²) in [5, 5.41) is 5.07. The number of aromatic nitrogens is 1. The Morgan fingerprint density at radius 3 is 2.18 bits per heavy atom. The molecule has 118 valence electrons. The number of nitrogens with zero attached hydrogens (tertiary/aromatic N) is 1. The number of hydrogen-bond donors (Lipinski definition) is 1. The van der Waals surface area contributed by atoms with Gasteiger partial charge in [0.25, 0.3) is 0 Å². The second-order valence-electron chi connectivity index (χ2n) is 4.43. The zero-order chi connectivity index (χ0) is 16.5. The van der Waals surface area contributed by atoms with Crippen LogP contribution in [0.2, 0.25) is 0 Å². The Bertz CT molecular complexity index is 915. The molecule has 0 aliphatic carbocycles. The van der Waals surface area contributed by atoms with Gasteiger partial charge in [-0.2, -0.15) is 8.42 Å². The van der Waals surface area contributed by atoms with Gasteiger partial charge in [0, 0.05) is 18.1 Å². The van der Waals surface area contributed by atoms with Gasteiger partial charge in [0.05, 0.1) is 16.7 Å². The first kappa shape index (κ1) is 16.2. The largest absolute Gasteiger partial charge is 0.353 e. The molecule has 0 radical (unpaired) electrons. The van der Waals surface area contributed by atoms with E-state index in [4.69, 9.17) is 5.14 Å². The molecule has 0 saturated heterocycles. The first-order valence-electron chi connectivity index (χ1n) is 5.81. The molecule has 22 heavy (non-hydrogen) atoms. The molecule has 1 heterocycles. The van der Waals surface area contributed by atoms with Crippen molar-refractivity contribution in [3.8, 4) is 5.69 Å². The van der Waals surface area contributed by atoms with Crippen molar-refractivity contribution in [3.63, 3.8) is 0 Å². The summed E-state index contributed by atoms with van der Waals surface area (Å²) in [6, 6.07) is 6.89. The number of sulfonamides is 1. The zero-order valence-corrected chi connectivity index (χ0v) is 13.0. The molecule has 0 saturated carbocycles. The van der Waals surface area contributed by atoms with Crippen molar-refractivity contribution in [2.45, 2.75) is 4.90 Å². The van der Waals surface area contributed by atoms with Gasteiger partial charge < -0.3 is 8.75 Å². The molecular weight excluding hydrogens is 332 g/mol. The highest BCUT2D eigenvalue weighted by molar-refractivity contribution is 7.89. The lowest BCUT2D eigenvalue weighted by Gasteiger charge is -2.09. The fourth-order valence-corrected chi connectivity index (χ4v) is 2.65.